The van der Waals surface area contributed by atoms with Crippen molar-refractivity contribution in [2.75, 3.05) is 19.6 Å². The van der Waals surface area contributed by atoms with E-state index >= 15 is 0 Å². The summed E-state index contributed by atoms with van der Waals surface area (Å²) in [5, 5.41) is 2.09. The molecule has 0 radical (unpaired) electrons. The number of thiophene rings is 1. The second-order valence-electron chi connectivity index (χ2n) is 11.8. The van der Waals surface area contributed by atoms with Gasteiger partial charge in [-0.2, -0.15) is 4.31 Å². The van der Waals surface area contributed by atoms with Crippen molar-refractivity contribution in [1.29, 1.82) is 0 Å². The third-order valence-electron chi connectivity index (χ3n) is 7.65. The summed E-state index contributed by atoms with van der Waals surface area (Å²) in [5.74, 6) is -0.154. The van der Waals surface area contributed by atoms with Gasteiger partial charge in [-0.1, -0.05) is 76.1 Å². The molecule has 0 fully saturated rings. The number of sulfonamides is 1. The number of fused-ring (bicyclic) bond motifs is 1. The second kappa shape index (κ2) is 11.6. The van der Waals surface area contributed by atoms with Gasteiger partial charge in [-0.25, -0.2) is 8.42 Å². The minimum Gasteiger partial charge on any atom is -0.330 e. The monoisotopic (exact) mass is 566 g/mol. The van der Waals surface area contributed by atoms with E-state index in [2.05, 4.69) is 56.5 Å². The highest BCUT2D eigenvalue weighted by Gasteiger charge is 2.36. The first-order valence-corrected chi connectivity index (χ1v) is 16.2. The molecule has 7 heteroatoms. The van der Waals surface area contributed by atoms with Crippen molar-refractivity contribution >= 4 is 27.3 Å². The van der Waals surface area contributed by atoms with Crippen LogP contribution in [0.4, 0.5) is 0 Å². The molecule has 0 aliphatic carbocycles. The quantitative estimate of drug-likeness (QED) is 0.297. The molecule has 4 rings (SSSR count). The molecule has 3 aromatic rings. The highest BCUT2D eigenvalue weighted by molar-refractivity contribution is 7.89. The smallest absolute Gasteiger partial charge is 0.244 e. The number of carbonyl (C=O) groups is 1. The molecular weight excluding hydrogens is 524 g/mol. The Bertz CT molecular complexity index is 1410. The highest BCUT2D eigenvalue weighted by Crippen LogP contribution is 2.39. The van der Waals surface area contributed by atoms with Crippen molar-refractivity contribution in [3.05, 3.63) is 86.1 Å². The molecule has 1 aliphatic rings. The Kier molecular flexibility index (Phi) is 8.74. The van der Waals surface area contributed by atoms with Gasteiger partial charge in [0.2, 0.25) is 15.9 Å². The van der Waals surface area contributed by atoms with Crippen LogP contribution in [0.3, 0.4) is 0 Å². The first kappa shape index (κ1) is 29.5. The Balaban J connectivity index is 1.69. The lowest BCUT2D eigenvalue weighted by molar-refractivity contribution is -0.133. The Morgan fingerprint density at radius 2 is 1.69 bits per heavy atom. The Morgan fingerprint density at radius 1 is 1.05 bits per heavy atom. The standard InChI is InChI=1S/C32H42N2O3S2/c1-8-9-16-33(39(36,37)31-23(3)19-22(2)20-24(31)4)21-29(35)34-17-14-28-27(15-18-38-28)30(34)25-10-12-26(13-11-25)32(5,6)7/h10-13,15,18-20,30H,8-9,14,16-17,21H2,1-7H3. The van der Waals surface area contributed by atoms with Gasteiger partial charge in [-0.05, 0) is 78.3 Å². The lowest BCUT2D eigenvalue weighted by Crippen LogP contribution is -2.47. The first-order valence-electron chi connectivity index (χ1n) is 13.9. The van der Waals surface area contributed by atoms with Crippen LogP contribution in [-0.4, -0.2) is 43.2 Å². The molecule has 1 aliphatic heterocycles. The van der Waals surface area contributed by atoms with Gasteiger partial charge < -0.3 is 4.90 Å². The van der Waals surface area contributed by atoms with Gasteiger partial charge in [-0.15, -0.1) is 11.3 Å². The fourth-order valence-corrected chi connectivity index (χ4v) is 8.42. The molecule has 0 bridgehead atoms. The van der Waals surface area contributed by atoms with Crippen LogP contribution in [0.2, 0.25) is 0 Å². The molecule has 0 saturated carbocycles. The van der Waals surface area contributed by atoms with Crippen LogP contribution in [0.5, 0.6) is 0 Å². The van der Waals surface area contributed by atoms with Crippen molar-refractivity contribution in [3.63, 3.8) is 0 Å². The maximum absolute atomic E-state index is 14.0. The minimum atomic E-state index is -3.85. The lowest BCUT2D eigenvalue weighted by Gasteiger charge is -2.38. The maximum atomic E-state index is 14.0. The largest absolute Gasteiger partial charge is 0.330 e. The molecule has 2 aromatic carbocycles. The molecule has 39 heavy (non-hydrogen) atoms. The first-order chi connectivity index (χ1) is 18.3. The van der Waals surface area contributed by atoms with E-state index in [0.717, 1.165) is 40.7 Å². The maximum Gasteiger partial charge on any atom is 0.244 e. The van der Waals surface area contributed by atoms with Crippen LogP contribution >= 0.6 is 11.3 Å². The molecule has 1 unspecified atom stereocenters. The summed E-state index contributed by atoms with van der Waals surface area (Å²) in [4.78, 5) is 17.6. The number of benzene rings is 2. The number of rotatable bonds is 8. The van der Waals surface area contributed by atoms with Crippen LogP contribution in [0.1, 0.15) is 84.8 Å². The number of unbranched alkanes of at least 4 members (excludes halogenated alkanes) is 1. The van der Waals surface area contributed by atoms with Gasteiger partial charge in [0.25, 0.3) is 0 Å². The topological polar surface area (TPSA) is 57.7 Å². The Hall–Kier alpha value is -2.48. The summed E-state index contributed by atoms with van der Waals surface area (Å²) in [7, 11) is -3.85. The van der Waals surface area contributed by atoms with Crippen molar-refractivity contribution in [2.45, 2.75) is 84.1 Å². The fraction of sp³-hybridized carbons (Fsp3) is 0.469. The zero-order valence-corrected chi connectivity index (χ0v) is 26.0. The number of hydrogen-bond acceptors (Lipinski definition) is 4. The van der Waals surface area contributed by atoms with Gasteiger partial charge in [0.15, 0.2) is 0 Å². The predicted octanol–water partition coefficient (Wildman–Crippen LogP) is 6.94. The summed E-state index contributed by atoms with van der Waals surface area (Å²) in [6, 6.07) is 14.3. The highest BCUT2D eigenvalue weighted by atomic mass is 32.2. The molecule has 1 amide bonds. The van der Waals surface area contributed by atoms with E-state index in [0.29, 0.717) is 24.4 Å². The van der Waals surface area contributed by atoms with E-state index in [1.807, 2.05) is 44.7 Å². The van der Waals surface area contributed by atoms with E-state index in [4.69, 9.17) is 0 Å². The van der Waals surface area contributed by atoms with E-state index in [-0.39, 0.29) is 23.9 Å². The number of hydrogen-bond donors (Lipinski definition) is 0. The van der Waals surface area contributed by atoms with Crippen molar-refractivity contribution in [1.82, 2.24) is 9.21 Å². The SMILES string of the molecule is CCCCN(CC(=O)N1CCc2sccc2C1c1ccc(C(C)(C)C)cc1)S(=O)(=O)c1c(C)cc(C)cc1C. The van der Waals surface area contributed by atoms with Crippen LogP contribution in [-0.2, 0) is 26.7 Å². The van der Waals surface area contributed by atoms with E-state index in [1.54, 1.807) is 11.3 Å². The summed E-state index contributed by atoms with van der Waals surface area (Å²) in [6.07, 6.45) is 2.33. The zero-order chi connectivity index (χ0) is 28.5. The molecule has 1 aromatic heterocycles. The van der Waals surface area contributed by atoms with Crippen LogP contribution in [0.15, 0.2) is 52.7 Å². The average molecular weight is 567 g/mol. The van der Waals surface area contributed by atoms with Crippen molar-refractivity contribution < 1.29 is 13.2 Å². The zero-order valence-electron chi connectivity index (χ0n) is 24.4. The molecule has 1 atom stereocenters. The van der Waals surface area contributed by atoms with Gasteiger partial charge in [0.05, 0.1) is 17.5 Å². The average Bonchev–Trinajstić information content (AvgIpc) is 3.33. The van der Waals surface area contributed by atoms with Gasteiger partial charge in [-0.3, -0.25) is 4.79 Å². The number of amides is 1. The summed E-state index contributed by atoms with van der Waals surface area (Å²) in [5.41, 5.74) is 5.96. The molecular formula is C32H42N2O3S2. The lowest BCUT2D eigenvalue weighted by atomic mass is 9.85. The third kappa shape index (κ3) is 6.16. The molecule has 0 saturated heterocycles. The molecule has 0 N–H and O–H groups in total. The van der Waals surface area contributed by atoms with Gasteiger partial charge in [0.1, 0.15) is 0 Å². The second-order valence-corrected chi connectivity index (χ2v) is 14.7. The van der Waals surface area contributed by atoms with Crippen LogP contribution in [0.25, 0.3) is 0 Å². The van der Waals surface area contributed by atoms with E-state index in [9.17, 15) is 13.2 Å². The van der Waals surface area contributed by atoms with Crippen LogP contribution < -0.4 is 0 Å². The molecule has 5 nitrogen and oxygen atoms in total. The van der Waals surface area contributed by atoms with Gasteiger partial charge in [0, 0.05) is 18.0 Å². The van der Waals surface area contributed by atoms with Gasteiger partial charge >= 0.3 is 0 Å². The van der Waals surface area contributed by atoms with Crippen molar-refractivity contribution in [2.24, 2.45) is 0 Å². The molecule has 0 spiro atoms. The van der Waals surface area contributed by atoms with E-state index < -0.39 is 10.0 Å². The Morgan fingerprint density at radius 3 is 2.28 bits per heavy atom. The van der Waals surface area contributed by atoms with E-state index in [1.165, 1.54) is 14.7 Å². The molecule has 2 heterocycles. The fourth-order valence-electron chi connectivity index (χ4n) is 5.67. The minimum absolute atomic E-state index is 0.0362. The number of carbonyl (C=O) groups excluding carboxylic acids is 1. The Labute approximate surface area is 238 Å². The summed E-state index contributed by atoms with van der Waals surface area (Å²) in [6.45, 7) is 15.0. The predicted molar refractivity (Wildman–Crippen MR) is 161 cm³/mol. The van der Waals surface area contributed by atoms with Crippen LogP contribution in [0, 0.1) is 20.8 Å². The number of nitrogens with zero attached hydrogens (tertiary/aromatic N) is 2. The third-order valence-corrected chi connectivity index (χ3v) is 10.8. The van der Waals surface area contributed by atoms with Crippen molar-refractivity contribution in [3.8, 4) is 0 Å². The number of aryl methyl sites for hydroxylation is 3. The molecule has 210 valence electrons. The summed E-state index contributed by atoms with van der Waals surface area (Å²) >= 11 is 1.73. The summed E-state index contributed by atoms with van der Waals surface area (Å²) < 4.78 is 29.4. The normalized spacial score (nSPS) is 16.0.